The predicted molar refractivity (Wildman–Crippen MR) is 252 cm³/mol. The number of nitrogens with zero attached hydrogens (tertiary/aromatic N) is 1. The number of nitrogens with one attached hydrogen (secondary N) is 1. The van der Waals surface area contributed by atoms with Crippen molar-refractivity contribution in [3.63, 3.8) is 0 Å². The molecule has 0 radical (unpaired) electrons. The van der Waals surface area contributed by atoms with E-state index < -0.39 is 5.41 Å². The van der Waals surface area contributed by atoms with Crippen molar-refractivity contribution in [2.75, 3.05) is 10.2 Å². The Morgan fingerprint density at radius 2 is 1.25 bits per heavy atom. The summed E-state index contributed by atoms with van der Waals surface area (Å²) in [6.45, 7) is 14.6. The smallest absolute Gasteiger partial charge is 0.198 e. The Labute approximate surface area is 351 Å². The van der Waals surface area contributed by atoms with E-state index in [0.717, 1.165) is 13.0 Å². The van der Waals surface area contributed by atoms with E-state index in [1.165, 1.54) is 109 Å². The molecule has 290 valence electrons. The van der Waals surface area contributed by atoms with Gasteiger partial charge < -0.3 is 10.2 Å². The number of hydrogen-bond acceptors (Lipinski definition) is 2. The van der Waals surface area contributed by atoms with E-state index in [1.54, 1.807) is 5.56 Å². The molecular weight excluding hydrogens is 711 g/mol. The Morgan fingerprint density at radius 1 is 0.610 bits per heavy atom. The van der Waals surface area contributed by atoms with Crippen molar-refractivity contribution in [1.29, 1.82) is 0 Å². The van der Waals surface area contributed by atoms with Crippen LogP contribution in [0.5, 0.6) is 0 Å². The topological polar surface area (TPSA) is 15.3 Å². The van der Waals surface area contributed by atoms with E-state index in [1.807, 2.05) is 0 Å². The normalized spacial score (nSPS) is 20.6. The van der Waals surface area contributed by atoms with E-state index in [9.17, 15) is 0 Å². The second kappa shape index (κ2) is 12.9. The number of aryl methyl sites for hydroxylation is 1. The summed E-state index contributed by atoms with van der Waals surface area (Å²) in [6, 6.07) is 57.7. The first kappa shape index (κ1) is 36.3. The van der Waals surface area contributed by atoms with Crippen molar-refractivity contribution in [1.82, 2.24) is 0 Å². The van der Waals surface area contributed by atoms with Crippen LogP contribution in [0.2, 0.25) is 0 Å². The first-order valence-corrected chi connectivity index (χ1v) is 21.9. The summed E-state index contributed by atoms with van der Waals surface area (Å²) in [4.78, 5) is 2.86. The Balaban J connectivity index is 1.24. The molecule has 0 saturated heterocycles. The van der Waals surface area contributed by atoms with Crippen LogP contribution >= 0.6 is 0 Å². The monoisotopic (exact) mass is 764 g/mol. The summed E-state index contributed by atoms with van der Waals surface area (Å²) in [5, 5.41) is 4.11. The molecule has 0 aromatic heterocycles. The summed E-state index contributed by atoms with van der Waals surface area (Å²) < 4.78 is 0. The fourth-order valence-corrected chi connectivity index (χ4v) is 12.0. The quantitative estimate of drug-likeness (QED) is 0.180. The fraction of sp³-hybridized carbons (Fsp3) is 0.250. The van der Waals surface area contributed by atoms with E-state index in [2.05, 4.69) is 203 Å². The standard InChI is InChI=1S/C56H53BN2/c1-36-20-13-14-25-41(36)37-32-43(50-49(33-37)59-52-46(54(5)30-17-18-31-55(54,59)6)34-40(53(2,3)4)35-47(52)57-50)42-26-19-28-45-51(42)58-48-29-16-15-27-44(48)56(45,38-21-9-7-10-22-38)39-23-11-8-12-24-39/h7-16,19-29,32-35,57-58H,17-18,30-31H2,1-6H3. The molecule has 3 aliphatic heterocycles. The Hall–Kier alpha value is -5.80. The summed E-state index contributed by atoms with van der Waals surface area (Å²) >= 11 is 0. The van der Waals surface area contributed by atoms with Crippen molar-refractivity contribution in [3.8, 4) is 22.3 Å². The van der Waals surface area contributed by atoms with Crippen LogP contribution < -0.4 is 21.1 Å². The zero-order valence-corrected chi connectivity index (χ0v) is 35.4. The highest BCUT2D eigenvalue weighted by Crippen LogP contribution is 2.62. The minimum atomic E-state index is -0.529. The molecule has 4 aliphatic rings. The lowest BCUT2D eigenvalue weighted by Crippen LogP contribution is -2.57. The molecule has 2 unspecified atom stereocenters. The molecule has 1 fully saturated rings. The lowest BCUT2D eigenvalue weighted by molar-refractivity contribution is 0.195. The van der Waals surface area contributed by atoms with E-state index in [-0.39, 0.29) is 16.4 Å². The lowest BCUT2D eigenvalue weighted by Gasteiger charge is -2.51. The number of para-hydroxylation sites is 2. The van der Waals surface area contributed by atoms with Gasteiger partial charge in [-0.15, -0.1) is 0 Å². The van der Waals surface area contributed by atoms with Gasteiger partial charge >= 0.3 is 0 Å². The average molecular weight is 765 g/mol. The molecule has 2 atom stereocenters. The molecule has 11 rings (SSSR count). The minimum absolute atomic E-state index is 0.0429. The fourth-order valence-electron chi connectivity index (χ4n) is 12.0. The first-order chi connectivity index (χ1) is 28.5. The van der Waals surface area contributed by atoms with Crippen LogP contribution in [-0.2, 0) is 16.2 Å². The van der Waals surface area contributed by atoms with Crippen molar-refractivity contribution in [2.45, 2.75) is 89.0 Å². The third kappa shape index (κ3) is 5.00. The summed E-state index contributed by atoms with van der Waals surface area (Å²) in [5.41, 5.74) is 22.2. The lowest BCUT2D eigenvalue weighted by atomic mass is 9.56. The number of benzene rings is 7. The number of rotatable bonds is 4. The zero-order valence-electron chi connectivity index (χ0n) is 35.4. The highest BCUT2D eigenvalue weighted by atomic mass is 15.3. The molecular formula is C56H53BN2. The van der Waals surface area contributed by atoms with Gasteiger partial charge in [0.25, 0.3) is 0 Å². The molecule has 1 N–H and O–H groups in total. The van der Waals surface area contributed by atoms with Crippen molar-refractivity contribution >= 4 is 41.0 Å². The molecule has 0 amide bonds. The van der Waals surface area contributed by atoms with Gasteiger partial charge in [-0.1, -0.05) is 179 Å². The summed E-state index contributed by atoms with van der Waals surface area (Å²) in [5.74, 6) is 0. The summed E-state index contributed by atoms with van der Waals surface area (Å²) in [6.07, 6.45) is 4.94. The van der Waals surface area contributed by atoms with Gasteiger partial charge in [0, 0.05) is 28.0 Å². The van der Waals surface area contributed by atoms with Gasteiger partial charge in [0.15, 0.2) is 7.28 Å². The molecule has 3 heteroatoms. The highest BCUT2D eigenvalue weighted by molar-refractivity contribution is 6.73. The Kier molecular flexibility index (Phi) is 7.91. The molecule has 7 aromatic carbocycles. The van der Waals surface area contributed by atoms with Crippen LogP contribution in [0.3, 0.4) is 0 Å². The molecule has 3 heterocycles. The Bertz CT molecular complexity index is 2780. The maximum atomic E-state index is 4.11. The average Bonchev–Trinajstić information content (AvgIpc) is 3.47. The van der Waals surface area contributed by atoms with Crippen LogP contribution in [0.4, 0.5) is 22.7 Å². The molecule has 59 heavy (non-hydrogen) atoms. The van der Waals surface area contributed by atoms with Crippen LogP contribution in [0.1, 0.15) is 99.2 Å². The third-order valence-electron chi connectivity index (χ3n) is 15.2. The van der Waals surface area contributed by atoms with Crippen molar-refractivity contribution in [2.24, 2.45) is 0 Å². The predicted octanol–water partition coefficient (Wildman–Crippen LogP) is 12.5. The van der Waals surface area contributed by atoms with Gasteiger partial charge in [-0.05, 0) is 111 Å². The van der Waals surface area contributed by atoms with Crippen LogP contribution in [0.25, 0.3) is 22.3 Å². The molecule has 7 aromatic rings. The number of anilines is 4. The van der Waals surface area contributed by atoms with Crippen molar-refractivity contribution in [3.05, 3.63) is 191 Å². The van der Waals surface area contributed by atoms with Gasteiger partial charge in [0.2, 0.25) is 0 Å². The van der Waals surface area contributed by atoms with Gasteiger partial charge in [-0.2, -0.15) is 0 Å². The summed E-state index contributed by atoms with van der Waals surface area (Å²) in [7, 11) is 0.899. The van der Waals surface area contributed by atoms with Crippen molar-refractivity contribution < 1.29 is 0 Å². The van der Waals surface area contributed by atoms with Gasteiger partial charge in [-0.3, -0.25) is 0 Å². The SMILES string of the molecule is Cc1ccccc1-c1cc(-c2cccc3c2Nc2ccccc2C3(c2ccccc2)c2ccccc2)c2c(c1)N1c3c(cc(C(C)(C)C)cc3C3(C)CCCCC13C)B2. The van der Waals surface area contributed by atoms with Crippen LogP contribution in [-0.4, -0.2) is 12.8 Å². The van der Waals surface area contributed by atoms with E-state index >= 15 is 0 Å². The van der Waals surface area contributed by atoms with Crippen LogP contribution in [0, 0.1) is 6.92 Å². The van der Waals surface area contributed by atoms with E-state index in [4.69, 9.17) is 0 Å². The second-order valence-corrected chi connectivity index (χ2v) is 19.3. The largest absolute Gasteiger partial charge is 0.354 e. The first-order valence-electron chi connectivity index (χ1n) is 21.9. The van der Waals surface area contributed by atoms with Crippen LogP contribution in [0.15, 0.2) is 152 Å². The van der Waals surface area contributed by atoms with Gasteiger partial charge in [0.1, 0.15) is 0 Å². The number of hydrogen-bond donors (Lipinski definition) is 1. The Morgan fingerprint density at radius 3 is 1.98 bits per heavy atom. The maximum absolute atomic E-state index is 4.11. The zero-order chi connectivity index (χ0) is 40.3. The third-order valence-corrected chi connectivity index (χ3v) is 15.2. The van der Waals surface area contributed by atoms with E-state index in [0.29, 0.717) is 0 Å². The van der Waals surface area contributed by atoms with Gasteiger partial charge in [0.05, 0.1) is 16.6 Å². The second-order valence-electron chi connectivity index (χ2n) is 19.3. The molecule has 0 spiro atoms. The molecule has 1 aliphatic carbocycles. The number of fused-ring (bicyclic) bond motifs is 7. The maximum Gasteiger partial charge on any atom is 0.198 e. The molecule has 1 saturated carbocycles. The molecule has 2 nitrogen and oxygen atoms in total. The minimum Gasteiger partial charge on any atom is -0.354 e. The van der Waals surface area contributed by atoms with Gasteiger partial charge in [-0.25, -0.2) is 0 Å². The highest BCUT2D eigenvalue weighted by Gasteiger charge is 2.59. The molecule has 0 bridgehead atoms.